The molecular weight excluding hydrogens is 587 g/mol. The average molecular weight is 627 g/mol. The fraction of sp³-hybridized carbons (Fsp3) is 0.419. The molecule has 0 unspecified atom stereocenters. The van der Waals surface area contributed by atoms with E-state index in [1.54, 1.807) is 40.9 Å². The van der Waals surface area contributed by atoms with Gasteiger partial charge in [-0.05, 0) is 36.1 Å². The number of hydrazine groups is 1. The van der Waals surface area contributed by atoms with Crippen molar-refractivity contribution in [3.8, 4) is 0 Å². The molecule has 2 aliphatic rings. The number of benzene rings is 2. The van der Waals surface area contributed by atoms with Crippen LogP contribution in [-0.2, 0) is 26.6 Å². The van der Waals surface area contributed by atoms with Crippen LogP contribution in [0.25, 0.3) is 0 Å². The molecule has 5 amide bonds. The summed E-state index contributed by atoms with van der Waals surface area (Å²) in [7, 11) is 1.66. The Morgan fingerprint density at radius 3 is 2.57 bits per heavy atom. The van der Waals surface area contributed by atoms with Gasteiger partial charge in [-0.3, -0.25) is 9.59 Å². The highest BCUT2D eigenvalue weighted by atomic mass is 32.2. The van der Waals surface area contributed by atoms with E-state index in [4.69, 9.17) is 4.74 Å². The van der Waals surface area contributed by atoms with Gasteiger partial charge in [-0.1, -0.05) is 55.1 Å². The van der Waals surface area contributed by atoms with E-state index >= 15 is 0 Å². The lowest BCUT2D eigenvalue weighted by Gasteiger charge is -2.54. The van der Waals surface area contributed by atoms with Crippen molar-refractivity contribution in [2.75, 3.05) is 45.6 Å². The molecule has 236 valence electrons. The molecule has 0 aromatic heterocycles. The van der Waals surface area contributed by atoms with Crippen LogP contribution in [-0.4, -0.2) is 102 Å². The van der Waals surface area contributed by atoms with Crippen LogP contribution in [0.4, 0.5) is 14.0 Å². The van der Waals surface area contributed by atoms with Crippen molar-refractivity contribution in [3.63, 3.8) is 0 Å². The van der Waals surface area contributed by atoms with Crippen molar-refractivity contribution < 1.29 is 28.3 Å². The van der Waals surface area contributed by atoms with E-state index < -0.39 is 24.3 Å². The molecule has 2 aliphatic heterocycles. The van der Waals surface area contributed by atoms with Gasteiger partial charge in [0.2, 0.25) is 11.8 Å². The number of fused-ring (bicyclic) bond motifs is 1. The molecular formula is C31H39FN6O5S. The maximum Gasteiger partial charge on any atom is 0.407 e. The predicted molar refractivity (Wildman–Crippen MR) is 165 cm³/mol. The van der Waals surface area contributed by atoms with Crippen molar-refractivity contribution in [1.82, 2.24) is 30.5 Å². The average Bonchev–Trinajstić information content (AvgIpc) is 3.01. The van der Waals surface area contributed by atoms with Crippen molar-refractivity contribution in [2.45, 2.75) is 37.3 Å². The first-order valence-electron chi connectivity index (χ1n) is 14.5. The number of nitrogens with zero attached hydrogens (tertiary/aromatic N) is 4. The number of ether oxygens (including phenoxy) is 1. The smallest absolute Gasteiger partial charge is 0.407 e. The Bertz CT molecular complexity index is 1300. The summed E-state index contributed by atoms with van der Waals surface area (Å²) in [4.78, 5) is 55.8. The number of carbonyl (C=O) groups excluding carboxylic acids is 4. The summed E-state index contributed by atoms with van der Waals surface area (Å²) >= 11 is 1.71. The molecule has 2 saturated heterocycles. The SMILES string of the molecule is C=CCOC(=O)NCCC[C@H]1C(=O)N(CCSCc2ccccc2)C[C@H]2N1C(=O)CN(C)N2C(=O)NCc1ccc(F)cc1. The lowest BCUT2D eigenvalue weighted by atomic mass is 10.0. The lowest BCUT2D eigenvalue weighted by Crippen LogP contribution is -2.76. The largest absolute Gasteiger partial charge is 0.445 e. The Labute approximate surface area is 261 Å². The molecule has 0 bridgehead atoms. The molecule has 2 aromatic carbocycles. The monoisotopic (exact) mass is 626 g/mol. The first-order chi connectivity index (χ1) is 21.3. The molecule has 2 N–H and O–H groups in total. The zero-order valence-corrected chi connectivity index (χ0v) is 25.6. The van der Waals surface area contributed by atoms with Gasteiger partial charge in [0.1, 0.15) is 24.6 Å². The highest BCUT2D eigenvalue weighted by Gasteiger charge is 2.50. The maximum atomic E-state index is 13.8. The van der Waals surface area contributed by atoms with Gasteiger partial charge in [-0.15, -0.1) is 0 Å². The van der Waals surface area contributed by atoms with Gasteiger partial charge in [-0.2, -0.15) is 11.8 Å². The summed E-state index contributed by atoms with van der Waals surface area (Å²) in [6.07, 6.45) is 0.870. The fourth-order valence-electron chi connectivity index (χ4n) is 5.25. The number of rotatable bonds is 13. The van der Waals surface area contributed by atoms with Crippen molar-refractivity contribution in [3.05, 3.63) is 84.2 Å². The van der Waals surface area contributed by atoms with Crippen LogP contribution in [0.3, 0.4) is 0 Å². The number of urea groups is 1. The number of amides is 5. The molecule has 44 heavy (non-hydrogen) atoms. The minimum absolute atomic E-state index is 0.0801. The van der Waals surface area contributed by atoms with Gasteiger partial charge < -0.3 is 25.2 Å². The fourth-order valence-corrected chi connectivity index (χ4v) is 6.18. The number of halogens is 1. The Morgan fingerprint density at radius 2 is 1.84 bits per heavy atom. The molecule has 4 rings (SSSR count). The zero-order valence-electron chi connectivity index (χ0n) is 24.8. The third kappa shape index (κ3) is 8.73. The second kappa shape index (κ2) is 16.1. The summed E-state index contributed by atoms with van der Waals surface area (Å²) in [5.41, 5.74) is 1.91. The Balaban J connectivity index is 1.46. The summed E-state index contributed by atoms with van der Waals surface area (Å²) in [6.45, 7) is 4.54. The van der Waals surface area contributed by atoms with Crippen LogP contribution in [0.5, 0.6) is 0 Å². The van der Waals surface area contributed by atoms with Gasteiger partial charge >= 0.3 is 12.1 Å². The molecule has 0 aliphatic carbocycles. The van der Waals surface area contributed by atoms with Crippen LogP contribution >= 0.6 is 11.8 Å². The minimum atomic E-state index is -0.799. The number of likely N-dealkylation sites (N-methyl/N-ethyl adjacent to an activating group) is 1. The lowest BCUT2D eigenvalue weighted by molar-refractivity contribution is -0.187. The quantitative estimate of drug-likeness (QED) is 0.259. The van der Waals surface area contributed by atoms with Crippen molar-refractivity contribution in [2.24, 2.45) is 0 Å². The van der Waals surface area contributed by atoms with E-state index in [1.165, 1.54) is 33.7 Å². The molecule has 0 spiro atoms. The molecule has 11 nitrogen and oxygen atoms in total. The number of nitrogens with one attached hydrogen (secondary N) is 2. The molecule has 2 aromatic rings. The van der Waals surface area contributed by atoms with Gasteiger partial charge in [0, 0.05) is 38.2 Å². The predicted octanol–water partition coefficient (Wildman–Crippen LogP) is 3.19. The summed E-state index contributed by atoms with van der Waals surface area (Å²) in [5.74, 6) is 0.676. The van der Waals surface area contributed by atoms with Gasteiger partial charge in [0.25, 0.3) is 0 Å². The van der Waals surface area contributed by atoms with E-state index in [1.807, 2.05) is 18.2 Å². The van der Waals surface area contributed by atoms with Crippen molar-refractivity contribution in [1.29, 1.82) is 0 Å². The number of carbonyl (C=O) groups is 4. The third-order valence-corrected chi connectivity index (χ3v) is 8.39. The number of hydrogen-bond acceptors (Lipinski definition) is 7. The van der Waals surface area contributed by atoms with E-state index in [0.717, 1.165) is 11.3 Å². The first-order valence-corrected chi connectivity index (χ1v) is 15.7. The third-order valence-electron chi connectivity index (χ3n) is 7.38. The number of thioether (sulfide) groups is 1. The summed E-state index contributed by atoms with van der Waals surface area (Å²) in [5, 5.41) is 8.57. The van der Waals surface area contributed by atoms with Gasteiger partial charge in [0.05, 0.1) is 13.1 Å². The Morgan fingerprint density at radius 1 is 1.09 bits per heavy atom. The van der Waals surface area contributed by atoms with E-state index in [-0.39, 0.29) is 50.4 Å². The number of piperazine rings is 1. The molecule has 2 atom stereocenters. The second-order valence-corrected chi connectivity index (χ2v) is 11.6. The molecule has 0 radical (unpaired) electrons. The normalized spacial score (nSPS) is 18.5. The highest BCUT2D eigenvalue weighted by Crippen LogP contribution is 2.28. The van der Waals surface area contributed by atoms with Crippen LogP contribution in [0.2, 0.25) is 0 Å². The first kappa shape index (κ1) is 32.8. The molecule has 13 heteroatoms. The van der Waals surface area contributed by atoms with Crippen LogP contribution < -0.4 is 10.6 Å². The minimum Gasteiger partial charge on any atom is -0.445 e. The van der Waals surface area contributed by atoms with Gasteiger partial charge in [0.15, 0.2) is 0 Å². The van der Waals surface area contributed by atoms with E-state index in [2.05, 4.69) is 29.3 Å². The standard InChI is InChI=1S/C31H39FN6O5S/c1-3-17-43-31(42)33-15-7-10-26-29(40)36(16-18-44-22-24-8-5-4-6-9-24)20-27-37(26)28(39)21-35(2)38(27)30(41)34-19-23-11-13-25(32)14-12-23/h3-6,8-9,11-14,26-27H,1,7,10,15-22H2,2H3,(H,33,42)(H,34,41)/t26-,27-/m0/s1. The summed E-state index contributed by atoms with van der Waals surface area (Å²) in [6, 6.07) is 14.7. The zero-order chi connectivity index (χ0) is 31.5. The molecule has 2 fully saturated rings. The number of alkyl carbamates (subject to hydrolysis) is 1. The Kier molecular flexibility index (Phi) is 12.0. The Hall–Kier alpha value is -4.10. The topological polar surface area (TPSA) is 115 Å². The van der Waals surface area contributed by atoms with Crippen LogP contribution in [0, 0.1) is 5.82 Å². The molecule has 0 saturated carbocycles. The second-order valence-electron chi connectivity index (χ2n) is 10.5. The van der Waals surface area contributed by atoms with E-state index in [0.29, 0.717) is 25.1 Å². The summed E-state index contributed by atoms with van der Waals surface area (Å²) < 4.78 is 18.3. The number of hydrogen-bond donors (Lipinski definition) is 2. The van der Waals surface area contributed by atoms with Gasteiger partial charge in [-0.25, -0.2) is 24.0 Å². The highest BCUT2D eigenvalue weighted by molar-refractivity contribution is 7.98. The van der Waals surface area contributed by atoms with E-state index in [9.17, 15) is 23.6 Å². The van der Waals surface area contributed by atoms with Crippen molar-refractivity contribution >= 4 is 35.7 Å². The molecule has 2 heterocycles. The maximum absolute atomic E-state index is 13.8. The van der Waals surface area contributed by atoms with Crippen LogP contribution in [0.15, 0.2) is 67.3 Å². The van der Waals surface area contributed by atoms with Crippen LogP contribution in [0.1, 0.15) is 24.0 Å².